The lowest BCUT2D eigenvalue weighted by atomic mass is 10.2. The number of benzene rings is 1. The Kier molecular flexibility index (Phi) is 4.87. The van der Waals surface area contributed by atoms with Gasteiger partial charge in [-0.05, 0) is 25.5 Å². The highest BCUT2D eigenvalue weighted by Crippen LogP contribution is 2.26. The van der Waals surface area contributed by atoms with Crippen LogP contribution in [-0.4, -0.2) is 31.2 Å². The van der Waals surface area contributed by atoms with Crippen LogP contribution in [0.25, 0.3) is 10.9 Å². The maximum Gasteiger partial charge on any atom is 0.278 e. The van der Waals surface area contributed by atoms with Crippen LogP contribution in [0.2, 0.25) is 0 Å². The monoisotopic (exact) mass is 348 g/mol. The molecule has 9 heteroatoms. The number of hydrogen-bond acceptors (Lipinski definition) is 8. The molecule has 120 valence electrons. The highest BCUT2D eigenvalue weighted by molar-refractivity contribution is 8.00. The fourth-order valence-corrected chi connectivity index (χ4v) is 3.58. The first-order valence-electron chi connectivity index (χ1n) is 7.22. The third-order valence-corrected chi connectivity index (χ3v) is 5.28. The molecule has 0 aliphatic carbocycles. The van der Waals surface area contributed by atoms with Crippen molar-refractivity contribution in [3.05, 3.63) is 34.6 Å². The molecule has 1 aromatic carbocycles. The van der Waals surface area contributed by atoms with Gasteiger partial charge < -0.3 is 5.32 Å². The van der Waals surface area contributed by atoms with E-state index in [0.717, 1.165) is 15.9 Å². The first-order valence-corrected chi connectivity index (χ1v) is 9.03. The van der Waals surface area contributed by atoms with Gasteiger partial charge in [0.1, 0.15) is 5.52 Å². The zero-order valence-electron chi connectivity index (χ0n) is 12.8. The molecule has 3 rings (SSSR count). The molecule has 7 nitrogen and oxygen atoms in total. The van der Waals surface area contributed by atoms with Gasteiger partial charge >= 0.3 is 0 Å². The number of rotatable bonds is 6. The summed E-state index contributed by atoms with van der Waals surface area (Å²) in [6.45, 7) is 4.21. The molecule has 0 radical (unpaired) electrons. The Bertz CT molecular complexity index is 862. The van der Waals surface area contributed by atoms with Crippen molar-refractivity contribution < 1.29 is 0 Å². The minimum Gasteiger partial charge on any atom is -0.358 e. The molecule has 23 heavy (non-hydrogen) atoms. The SMILES string of the molecule is CC[C@@H](C)Nc1nnc(SCn2nnc3ccccc3c2=O)s1. The summed E-state index contributed by atoms with van der Waals surface area (Å²) in [4.78, 5) is 12.3. The first kappa shape index (κ1) is 15.9. The summed E-state index contributed by atoms with van der Waals surface area (Å²) in [6.07, 6.45) is 1.02. The van der Waals surface area contributed by atoms with E-state index >= 15 is 0 Å². The topological polar surface area (TPSA) is 85.6 Å². The van der Waals surface area contributed by atoms with E-state index in [1.165, 1.54) is 27.8 Å². The molecule has 3 aromatic rings. The van der Waals surface area contributed by atoms with Crippen LogP contribution in [0.15, 0.2) is 33.4 Å². The number of anilines is 1. The van der Waals surface area contributed by atoms with Crippen molar-refractivity contribution >= 4 is 39.1 Å². The van der Waals surface area contributed by atoms with Crippen molar-refractivity contribution in [3.63, 3.8) is 0 Å². The van der Waals surface area contributed by atoms with E-state index in [4.69, 9.17) is 0 Å². The van der Waals surface area contributed by atoms with E-state index in [0.29, 0.717) is 22.8 Å². The fraction of sp³-hybridized carbons (Fsp3) is 0.357. The average molecular weight is 348 g/mol. The third kappa shape index (κ3) is 3.67. The second-order valence-corrected chi connectivity index (χ2v) is 7.18. The van der Waals surface area contributed by atoms with Crippen molar-refractivity contribution in [2.45, 2.75) is 36.5 Å². The van der Waals surface area contributed by atoms with Crippen LogP contribution in [0.5, 0.6) is 0 Å². The molecular formula is C14H16N6OS2. The van der Waals surface area contributed by atoms with Crippen LogP contribution < -0.4 is 10.9 Å². The van der Waals surface area contributed by atoms with Gasteiger partial charge in [0.2, 0.25) is 5.13 Å². The Morgan fingerprint density at radius 2 is 2.13 bits per heavy atom. The van der Waals surface area contributed by atoms with Crippen LogP contribution >= 0.6 is 23.1 Å². The van der Waals surface area contributed by atoms with Gasteiger partial charge in [0.25, 0.3) is 5.56 Å². The highest BCUT2D eigenvalue weighted by atomic mass is 32.2. The van der Waals surface area contributed by atoms with Gasteiger partial charge in [-0.3, -0.25) is 4.79 Å². The summed E-state index contributed by atoms with van der Waals surface area (Å²) in [6, 6.07) is 7.55. The normalized spacial score (nSPS) is 12.4. The van der Waals surface area contributed by atoms with Crippen LogP contribution in [0.4, 0.5) is 5.13 Å². The standard InChI is InChI=1S/C14H16N6OS2/c1-3-9(2)15-13-17-18-14(23-13)22-8-20-12(21)10-6-4-5-7-11(10)16-19-20/h4-7,9H,3,8H2,1-2H3,(H,15,17)/t9-/m1/s1. The predicted octanol–water partition coefficient (Wildman–Crippen LogP) is 2.60. The van der Waals surface area contributed by atoms with Gasteiger partial charge in [-0.1, -0.05) is 47.4 Å². The quantitative estimate of drug-likeness (QED) is 0.685. The Morgan fingerprint density at radius 1 is 1.30 bits per heavy atom. The lowest BCUT2D eigenvalue weighted by Crippen LogP contribution is -2.23. The molecule has 0 aliphatic heterocycles. The van der Waals surface area contributed by atoms with Crippen LogP contribution in [0.3, 0.4) is 0 Å². The van der Waals surface area contributed by atoms with E-state index in [9.17, 15) is 4.79 Å². The van der Waals surface area contributed by atoms with Crippen molar-refractivity contribution in [3.8, 4) is 0 Å². The third-order valence-electron chi connectivity index (χ3n) is 3.33. The lowest BCUT2D eigenvalue weighted by Gasteiger charge is -2.07. The second-order valence-electron chi connectivity index (χ2n) is 5.01. The van der Waals surface area contributed by atoms with E-state index in [2.05, 4.69) is 39.7 Å². The number of thioether (sulfide) groups is 1. The van der Waals surface area contributed by atoms with Crippen LogP contribution in [0.1, 0.15) is 20.3 Å². The second kappa shape index (κ2) is 7.05. The molecule has 0 saturated carbocycles. The summed E-state index contributed by atoms with van der Waals surface area (Å²) >= 11 is 2.89. The number of nitrogens with zero attached hydrogens (tertiary/aromatic N) is 5. The fourth-order valence-electron chi connectivity index (χ4n) is 1.86. The van der Waals surface area contributed by atoms with Crippen molar-refractivity contribution in [2.75, 3.05) is 5.32 Å². The van der Waals surface area contributed by atoms with Gasteiger partial charge in [-0.2, -0.15) is 4.68 Å². The summed E-state index contributed by atoms with van der Waals surface area (Å²) in [7, 11) is 0. The molecule has 0 unspecified atom stereocenters. The van der Waals surface area contributed by atoms with Gasteiger partial charge in [0, 0.05) is 6.04 Å². The van der Waals surface area contributed by atoms with Gasteiger partial charge in [0.15, 0.2) is 4.34 Å². The lowest BCUT2D eigenvalue weighted by molar-refractivity contribution is 0.644. The first-order chi connectivity index (χ1) is 11.2. The molecule has 0 bridgehead atoms. The molecule has 2 heterocycles. The molecule has 2 aromatic heterocycles. The Balaban J connectivity index is 1.71. The maximum atomic E-state index is 12.3. The number of fused-ring (bicyclic) bond motifs is 1. The summed E-state index contributed by atoms with van der Waals surface area (Å²) < 4.78 is 2.13. The Morgan fingerprint density at radius 3 is 2.96 bits per heavy atom. The zero-order valence-corrected chi connectivity index (χ0v) is 14.4. The smallest absolute Gasteiger partial charge is 0.278 e. The molecule has 0 fully saturated rings. The molecule has 1 N–H and O–H groups in total. The highest BCUT2D eigenvalue weighted by Gasteiger charge is 2.09. The van der Waals surface area contributed by atoms with Crippen LogP contribution in [-0.2, 0) is 5.88 Å². The predicted molar refractivity (Wildman–Crippen MR) is 92.9 cm³/mol. The largest absolute Gasteiger partial charge is 0.358 e. The molecule has 0 saturated heterocycles. The number of aromatic nitrogens is 5. The molecule has 1 atom stereocenters. The van der Waals surface area contributed by atoms with E-state index in [-0.39, 0.29) is 5.56 Å². The summed E-state index contributed by atoms with van der Waals surface area (Å²) in [5.74, 6) is 0.356. The minimum atomic E-state index is -0.148. The summed E-state index contributed by atoms with van der Waals surface area (Å²) in [5, 5.41) is 20.9. The zero-order chi connectivity index (χ0) is 16.2. The van der Waals surface area contributed by atoms with E-state index in [1.54, 1.807) is 12.1 Å². The number of nitrogens with one attached hydrogen (secondary N) is 1. The Hall–Kier alpha value is -2.00. The van der Waals surface area contributed by atoms with Crippen molar-refractivity contribution in [2.24, 2.45) is 0 Å². The van der Waals surface area contributed by atoms with Gasteiger partial charge in [-0.25, -0.2) is 0 Å². The maximum absolute atomic E-state index is 12.3. The van der Waals surface area contributed by atoms with Crippen LogP contribution in [0, 0.1) is 0 Å². The molecule has 0 aliphatic rings. The molecule has 0 spiro atoms. The summed E-state index contributed by atoms with van der Waals surface area (Å²) in [5.41, 5.74) is 0.459. The average Bonchev–Trinajstić information content (AvgIpc) is 3.02. The Labute approximate surface area is 141 Å². The van der Waals surface area contributed by atoms with Crippen molar-refractivity contribution in [1.82, 2.24) is 25.2 Å². The minimum absolute atomic E-state index is 0.148. The molecular weight excluding hydrogens is 332 g/mol. The number of hydrogen-bond donors (Lipinski definition) is 1. The van der Waals surface area contributed by atoms with Gasteiger partial charge in [-0.15, -0.1) is 15.3 Å². The molecule has 0 amide bonds. The van der Waals surface area contributed by atoms with E-state index < -0.39 is 0 Å². The van der Waals surface area contributed by atoms with Crippen molar-refractivity contribution in [1.29, 1.82) is 0 Å². The van der Waals surface area contributed by atoms with Gasteiger partial charge in [0.05, 0.1) is 11.3 Å². The van der Waals surface area contributed by atoms with E-state index in [1.807, 2.05) is 12.1 Å².